The summed E-state index contributed by atoms with van der Waals surface area (Å²) in [6.45, 7) is 2.52. The summed E-state index contributed by atoms with van der Waals surface area (Å²) in [6, 6.07) is 24.0. The molecule has 0 bridgehead atoms. The van der Waals surface area contributed by atoms with Gasteiger partial charge in [0.25, 0.3) is 0 Å². The minimum atomic E-state index is -0.898. The summed E-state index contributed by atoms with van der Waals surface area (Å²) in [5.41, 5.74) is 5.82. The van der Waals surface area contributed by atoms with Crippen LogP contribution in [0.4, 0.5) is 0 Å². The fourth-order valence-electron chi connectivity index (χ4n) is 5.34. The topological polar surface area (TPSA) is 123 Å². The van der Waals surface area contributed by atoms with Crippen LogP contribution in [0.2, 0.25) is 0 Å². The Labute approximate surface area is 267 Å². The van der Waals surface area contributed by atoms with Crippen molar-refractivity contribution in [3.8, 4) is 11.1 Å². The van der Waals surface area contributed by atoms with Gasteiger partial charge in [-0.15, -0.1) is 0 Å². The number of nitrogens with one attached hydrogen (secondary N) is 1. The van der Waals surface area contributed by atoms with Gasteiger partial charge in [0.05, 0.1) is 18.8 Å². The van der Waals surface area contributed by atoms with Crippen LogP contribution in [-0.2, 0) is 39.3 Å². The number of aliphatic hydroxyl groups is 1. The number of aryl methyl sites for hydroxylation is 1. The number of aliphatic carboxylic acids is 1. The zero-order valence-electron chi connectivity index (χ0n) is 25.5. The molecule has 2 heterocycles. The highest BCUT2D eigenvalue weighted by atomic mass is 32.2. The second kappa shape index (κ2) is 15.4. The third-order valence-electron chi connectivity index (χ3n) is 8.00. The zero-order valence-corrected chi connectivity index (χ0v) is 26.3. The highest BCUT2D eigenvalue weighted by molar-refractivity contribution is 7.99. The molecule has 9 nitrogen and oxygen atoms in total. The van der Waals surface area contributed by atoms with Crippen LogP contribution < -0.4 is 5.32 Å². The van der Waals surface area contributed by atoms with Crippen LogP contribution in [0, 0.1) is 5.92 Å². The van der Waals surface area contributed by atoms with Crippen molar-refractivity contribution in [2.75, 3.05) is 5.75 Å². The smallest absolute Gasteiger partial charge is 0.303 e. The van der Waals surface area contributed by atoms with Crippen LogP contribution in [0.1, 0.15) is 60.8 Å². The number of ether oxygens (including phenoxy) is 2. The molecule has 0 saturated carbocycles. The second-order valence-corrected chi connectivity index (χ2v) is 12.3. The molecule has 236 valence electrons. The Morgan fingerprint density at radius 1 is 0.956 bits per heavy atom. The molecule has 1 aromatic heterocycles. The lowest BCUT2D eigenvalue weighted by Crippen LogP contribution is -2.38. The van der Waals surface area contributed by atoms with E-state index in [-0.39, 0.29) is 43.5 Å². The number of benzene rings is 3. The summed E-state index contributed by atoms with van der Waals surface area (Å²) in [6.07, 6.45) is 3.37. The maximum Gasteiger partial charge on any atom is 0.303 e. The third-order valence-corrected chi connectivity index (χ3v) is 9.15. The molecule has 1 amide bonds. The van der Waals surface area contributed by atoms with Gasteiger partial charge in [-0.1, -0.05) is 85.4 Å². The van der Waals surface area contributed by atoms with Crippen molar-refractivity contribution in [3.05, 3.63) is 107 Å². The lowest BCUT2D eigenvalue weighted by atomic mass is 9.91. The van der Waals surface area contributed by atoms with Crippen molar-refractivity contribution in [3.63, 3.8) is 0 Å². The molecule has 3 N–H and O–H groups in total. The van der Waals surface area contributed by atoms with Crippen LogP contribution in [0.25, 0.3) is 11.1 Å². The number of aromatic nitrogens is 2. The van der Waals surface area contributed by atoms with E-state index in [1.165, 1.54) is 0 Å². The number of imidazole rings is 1. The van der Waals surface area contributed by atoms with E-state index in [1.807, 2.05) is 90.6 Å². The first-order valence-corrected chi connectivity index (χ1v) is 16.1. The first kappa shape index (κ1) is 32.4. The lowest BCUT2D eigenvalue weighted by Gasteiger charge is -2.41. The Morgan fingerprint density at radius 2 is 1.71 bits per heavy atom. The molecule has 1 aliphatic rings. The molecule has 4 unspecified atom stereocenters. The van der Waals surface area contributed by atoms with Crippen molar-refractivity contribution < 1.29 is 29.3 Å². The van der Waals surface area contributed by atoms with Gasteiger partial charge in [-0.05, 0) is 40.3 Å². The van der Waals surface area contributed by atoms with E-state index in [0.717, 1.165) is 44.3 Å². The monoisotopic (exact) mass is 629 g/mol. The molecule has 4 atom stereocenters. The minimum Gasteiger partial charge on any atom is -0.481 e. The summed E-state index contributed by atoms with van der Waals surface area (Å²) in [7, 11) is 1.98. The van der Waals surface area contributed by atoms with Crippen molar-refractivity contribution in [2.24, 2.45) is 13.0 Å². The van der Waals surface area contributed by atoms with Crippen LogP contribution in [-0.4, -0.2) is 43.5 Å². The van der Waals surface area contributed by atoms with E-state index in [4.69, 9.17) is 14.6 Å². The van der Waals surface area contributed by atoms with E-state index < -0.39 is 12.3 Å². The molecule has 5 rings (SSSR count). The van der Waals surface area contributed by atoms with E-state index in [0.29, 0.717) is 13.0 Å². The fourth-order valence-corrected chi connectivity index (χ4v) is 6.44. The third kappa shape index (κ3) is 8.61. The first-order chi connectivity index (χ1) is 21.8. The highest BCUT2D eigenvalue weighted by Gasteiger charge is 2.38. The standard InChI is InChI=1S/C35H39N3O6S/c1-23-30(22-45-35-36-17-18-38(35)2)43-34(44-33(23)27-11-9-24(21-39)10-12-27)28-15-13-26(14-16-28)29-6-3-5-25(19-29)20-37-31(40)7-4-8-32(41)42/h3,5-6,9-19,23,30,33-34,39H,4,7-8,20-22H2,1-2H3,(H,37,40)(H,41,42). The van der Waals surface area contributed by atoms with Gasteiger partial charge in [0.2, 0.25) is 5.91 Å². The summed E-state index contributed by atoms with van der Waals surface area (Å²) < 4.78 is 15.2. The predicted octanol–water partition coefficient (Wildman–Crippen LogP) is 6.03. The largest absolute Gasteiger partial charge is 0.481 e. The van der Waals surface area contributed by atoms with Crippen LogP contribution >= 0.6 is 11.8 Å². The average Bonchev–Trinajstić information content (AvgIpc) is 3.47. The maximum atomic E-state index is 12.1. The SMILES string of the molecule is CC1C(CSc2nccn2C)OC(c2ccc(-c3cccc(CNC(=O)CCCC(=O)O)c3)cc2)OC1c1ccc(CO)cc1. The Bertz CT molecular complexity index is 1570. The lowest BCUT2D eigenvalue weighted by molar-refractivity contribution is -0.268. The van der Waals surface area contributed by atoms with Gasteiger partial charge >= 0.3 is 5.97 Å². The Hall–Kier alpha value is -3.96. The molecule has 1 fully saturated rings. The zero-order chi connectivity index (χ0) is 31.8. The normalized spacial score (nSPS) is 19.7. The number of thioether (sulfide) groups is 1. The van der Waals surface area contributed by atoms with Gasteiger partial charge in [-0.3, -0.25) is 9.59 Å². The molecule has 0 aliphatic carbocycles. The van der Waals surface area contributed by atoms with Gasteiger partial charge in [0, 0.05) is 56.1 Å². The molecule has 1 aliphatic heterocycles. The van der Waals surface area contributed by atoms with Crippen LogP contribution in [0.3, 0.4) is 0 Å². The van der Waals surface area contributed by atoms with E-state index in [1.54, 1.807) is 18.0 Å². The predicted molar refractivity (Wildman–Crippen MR) is 172 cm³/mol. The highest BCUT2D eigenvalue weighted by Crippen LogP contribution is 2.43. The van der Waals surface area contributed by atoms with Crippen molar-refractivity contribution >= 4 is 23.6 Å². The van der Waals surface area contributed by atoms with E-state index >= 15 is 0 Å². The van der Waals surface area contributed by atoms with Crippen LogP contribution in [0.5, 0.6) is 0 Å². The summed E-state index contributed by atoms with van der Waals surface area (Å²) in [5.74, 6) is -0.260. The molecule has 45 heavy (non-hydrogen) atoms. The first-order valence-electron chi connectivity index (χ1n) is 15.1. The van der Waals surface area contributed by atoms with Gasteiger partial charge in [0.15, 0.2) is 11.4 Å². The van der Waals surface area contributed by atoms with Gasteiger partial charge < -0.3 is 29.6 Å². The molecular weight excluding hydrogens is 590 g/mol. The van der Waals surface area contributed by atoms with Crippen LogP contribution in [0.15, 0.2) is 90.3 Å². The molecule has 3 aromatic carbocycles. The number of aliphatic hydroxyl groups excluding tert-OH is 1. The number of carboxylic acids is 1. The van der Waals surface area contributed by atoms with Crippen molar-refractivity contribution in [1.29, 1.82) is 0 Å². The molecule has 0 radical (unpaired) electrons. The molecule has 1 saturated heterocycles. The number of carboxylic acid groups (broad SMARTS) is 1. The molecule has 4 aromatic rings. The van der Waals surface area contributed by atoms with Gasteiger partial charge in [-0.25, -0.2) is 4.98 Å². The second-order valence-electron chi connectivity index (χ2n) is 11.3. The molecular formula is C35H39N3O6S. The number of nitrogens with zero attached hydrogens (tertiary/aromatic N) is 2. The number of rotatable bonds is 13. The quantitative estimate of drug-likeness (QED) is 0.153. The number of carbonyl (C=O) groups is 2. The van der Waals surface area contributed by atoms with Crippen molar-refractivity contribution in [1.82, 2.24) is 14.9 Å². The summed E-state index contributed by atoms with van der Waals surface area (Å²) in [5, 5.41) is 22.1. The molecule has 10 heteroatoms. The minimum absolute atomic E-state index is 0.00544. The summed E-state index contributed by atoms with van der Waals surface area (Å²) >= 11 is 1.66. The van der Waals surface area contributed by atoms with E-state index in [2.05, 4.69) is 17.2 Å². The number of carbonyl (C=O) groups excluding carboxylic acids is 1. The summed E-state index contributed by atoms with van der Waals surface area (Å²) in [4.78, 5) is 27.2. The van der Waals surface area contributed by atoms with Gasteiger partial charge in [-0.2, -0.15) is 0 Å². The van der Waals surface area contributed by atoms with Gasteiger partial charge in [0.1, 0.15) is 0 Å². The average molecular weight is 630 g/mol. The molecule has 0 spiro atoms. The Morgan fingerprint density at radius 3 is 2.40 bits per heavy atom. The van der Waals surface area contributed by atoms with E-state index in [9.17, 15) is 14.7 Å². The van der Waals surface area contributed by atoms with Crippen molar-refractivity contribution in [2.45, 2.75) is 63.0 Å². The Balaban J connectivity index is 1.29. The number of hydrogen-bond acceptors (Lipinski definition) is 7. The number of amides is 1. The maximum absolute atomic E-state index is 12.1. The Kier molecular flexibility index (Phi) is 11.1. The number of hydrogen-bond donors (Lipinski definition) is 3. The fraction of sp³-hybridized carbons (Fsp3) is 0.343.